The summed E-state index contributed by atoms with van der Waals surface area (Å²) in [5.74, 6) is -0.810. The van der Waals surface area contributed by atoms with E-state index in [-0.39, 0.29) is 11.8 Å². The van der Waals surface area contributed by atoms with Crippen molar-refractivity contribution >= 4 is 23.3 Å². The molecule has 5 heteroatoms. The summed E-state index contributed by atoms with van der Waals surface area (Å²) in [5.41, 5.74) is 1.27. The number of rotatable bonds is 4. The van der Waals surface area contributed by atoms with E-state index in [9.17, 15) is 9.90 Å². The van der Waals surface area contributed by atoms with E-state index in [1.165, 1.54) is 0 Å². The molecule has 2 unspecified atom stereocenters. The highest BCUT2D eigenvalue weighted by atomic mass is 35.5. The topological polar surface area (TPSA) is 73.1 Å². The van der Waals surface area contributed by atoms with Crippen molar-refractivity contribution in [2.45, 2.75) is 25.7 Å². The maximum atomic E-state index is 11.2. The third-order valence-electron chi connectivity index (χ3n) is 3.88. The van der Waals surface area contributed by atoms with Crippen LogP contribution in [-0.2, 0) is 4.79 Å². The van der Waals surface area contributed by atoms with E-state index >= 15 is 0 Å². The van der Waals surface area contributed by atoms with Crippen LogP contribution in [0, 0.1) is 23.2 Å². The molecule has 0 spiro atoms. The van der Waals surface area contributed by atoms with Crippen LogP contribution < -0.4 is 5.32 Å². The fraction of sp³-hybridized carbons (Fsp3) is 0.467. The second kappa shape index (κ2) is 6.62. The van der Waals surface area contributed by atoms with Crippen LogP contribution in [0.4, 0.5) is 5.69 Å². The lowest BCUT2D eigenvalue weighted by Crippen LogP contribution is -2.31. The molecule has 0 amide bonds. The molecule has 4 nitrogen and oxygen atoms in total. The van der Waals surface area contributed by atoms with Gasteiger partial charge in [0.2, 0.25) is 0 Å². The lowest BCUT2D eigenvalue weighted by Gasteiger charge is -2.28. The number of carboxylic acids is 1. The van der Waals surface area contributed by atoms with Crippen molar-refractivity contribution in [1.29, 1.82) is 5.26 Å². The average molecular weight is 293 g/mol. The van der Waals surface area contributed by atoms with Crippen LogP contribution in [-0.4, -0.2) is 17.6 Å². The molecule has 2 atom stereocenters. The molecule has 1 aromatic carbocycles. The molecule has 2 rings (SSSR count). The van der Waals surface area contributed by atoms with Crippen LogP contribution in [0.1, 0.15) is 31.2 Å². The summed E-state index contributed by atoms with van der Waals surface area (Å²) >= 11 is 5.97. The summed E-state index contributed by atoms with van der Waals surface area (Å²) in [4.78, 5) is 11.2. The van der Waals surface area contributed by atoms with E-state index < -0.39 is 5.97 Å². The number of halogens is 1. The van der Waals surface area contributed by atoms with Gasteiger partial charge >= 0.3 is 5.97 Å². The zero-order valence-electron chi connectivity index (χ0n) is 11.1. The van der Waals surface area contributed by atoms with Crippen molar-refractivity contribution in [3.05, 3.63) is 28.8 Å². The fourth-order valence-electron chi connectivity index (χ4n) is 2.74. The van der Waals surface area contributed by atoms with Crippen molar-refractivity contribution in [2.24, 2.45) is 11.8 Å². The smallest absolute Gasteiger partial charge is 0.306 e. The molecule has 0 bridgehead atoms. The third kappa shape index (κ3) is 3.43. The van der Waals surface area contributed by atoms with Crippen molar-refractivity contribution < 1.29 is 9.90 Å². The number of nitriles is 1. The predicted octanol–water partition coefficient (Wildman–Crippen LogP) is 3.51. The monoisotopic (exact) mass is 292 g/mol. The van der Waals surface area contributed by atoms with E-state index in [0.29, 0.717) is 17.1 Å². The van der Waals surface area contributed by atoms with Crippen molar-refractivity contribution in [2.75, 3.05) is 11.9 Å². The Balaban J connectivity index is 1.99. The standard InChI is InChI=1S/C15H17ClN2O2/c16-14-7-12(6-5-10(14)8-17)18-9-11-3-1-2-4-13(11)15(19)20/h5-7,11,13,18H,1-4,9H2,(H,19,20). The van der Waals surface area contributed by atoms with Gasteiger partial charge in [-0.2, -0.15) is 5.26 Å². The number of nitrogens with zero attached hydrogens (tertiary/aromatic N) is 1. The summed E-state index contributed by atoms with van der Waals surface area (Å²) in [5, 5.41) is 21.7. The predicted molar refractivity (Wildman–Crippen MR) is 77.7 cm³/mol. The highest BCUT2D eigenvalue weighted by Gasteiger charge is 2.30. The molecular weight excluding hydrogens is 276 g/mol. The van der Waals surface area contributed by atoms with Gasteiger partial charge in [0.1, 0.15) is 6.07 Å². The van der Waals surface area contributed by atoms with E-state index in [1.54, 1.807) is 18.2 Å². The molecule has 20 heavy (non-hydrogen) atoms. The summed E-state index contributed by atoms with van der Waals surface area (Å²) in [6, 6.07) is 7.18. The summed E-state index contributed by atoms with van der Waals surface area (Å²) in [6.07, 6.45) is 3.78. The Hall–Kier alpha value is -1.73. The van der Waals surface area contributed by atoms with Gasteiger partial charge in [0.05, 0.1) is 16.5 Å². The van der Waals surface area contributed by atoms with Crippen LogP contribution >= 0.6 is 11.6 Å². The second-order valence-electron chi connectivity index (χ2n) is 5.18. The zero-order chi connectivity index (χ0) is 14.5. The minimum absolute atomic E-state index is 0.149. The summed E-state index contributed by atoms with van der Waals surface area (Å²) in [7, 11) is 0. The fourth-order valence-corrected chi connectivity index (χ4v) is 2.96. The molecule has 0 heterocycles. The normalized spacial score (nSPS) is 22.0. The molecule has 1 aliphatic carbocycles. The van der Waals surface area contributed by atoms with E-state index in [0.717, 1.165) is 31.4 Å². The van der Waals surface area contributed by atoms with E-state index in [1.807, 2.05) is 6.07 Å². The number of hydrogen-bond acceptors (Lipinski definition) is 3. The summed E-state index contributed by atoms with van der Waals surface area (Å²) in [6.45, 7) is 0.624. The highest BCUT2D eigenvalue weighted by Crippen LogP contribution is 2.31. The average Bonchev–Trinajstić information content (AvgIpc) is 2.45. The zero-order valence-corrected chi connectivity index (χ0v) is 11.9. The Morgan fingerprint density at radius 3 is 2.85 bits per heavy atom. The number of hydrogen-bond donors (Lipinski definition) is 2. The van der Waals surface area contributed by atoms with Gasteiger partial charge in [0, 0.05) is 12.2 Å². The molecule has 1 saturated carbocycles. The Kier molecular flexibility index (Phi) is 4.86. The van der Waals surface area contributed by atoms with Crippen LogP contribution in [0.15, 0.2) is 18.2 Å². The molecule has 0 aliphatic heterocycles. The minimum atomic E-state index is -0.700. The molecule has 0 aromatic heterocycles. The van der Waals surface area contributed by atoms with Crippen LogP contribution in [0.2, 0.25) is 5.02 Å². The minimum Gasteiger partial charge on any atom is -0.481 e. The largest absolute Gasteiger partial charge is 0.481 e. The number of benzene rings is 1. The van der Waals surface area contributed by atoms with Gasteiger partial charge in [-0.3, -0.25) is 4.79 Å². The first-order chi connectivity index (χ1) is 9.61. The molecule has 106 valence electrons. The highest BCUT2D eigenvalue weighted by molar-refractivity contribution is 6.32. The van der Waals surface area contributed by atoms with Crippen molar-refractivity contribution in [3.63, 3.8) is 0 Å². The number of anilines is 1. The lowest BCUT2D eigenvalue weighted by atomic mass is 9.79. The van der Waals surface area contributed by atoms with Gasteiger partial charge in [0.25, 0.3) is 0 Å². The quantitative estimate of drug-likeness (QED) is 0.890. The molecule has 1 aromatic rings. The van der Waals surface area contributed by atoms with Crippen LogP contribution in [0.25, 0.3) is 0 Å². The molecule has 2 N–H and O–H groups in total. The Labute approximate surface area is 123 Å². The second-order valence-corrected chi connectivity index (χ2v) is 5.58. The van der Waals surface area contributed by atoms with E-state index in [4.69, 9.17) is 16.9 Å². The van der Waals surface area contributed by atoms with Crippen LogP contribution in [0.5, 0.6) is 0 Å². The first-order valence-corrected chi connectivity index (χ1v) is 7.16. The van der Waals surface area contributed by atoms with Gasteiger partial charge < -0.3 is 10.4 Å². The van der Waals surface area contributed by atoms with Gasteiger partial charge in [0.15, 0.2) is 0 Å². The third-order valence-corrected chi connectivity index (χ3v) is 4.20. The molecule has 1 fully saturated rings. The molecule has 0 saturated heterocycles. The number of carboxylic acid groups (broad SMARTS) is 1. The maximum Gasteiger partial charge on any atom is 0.306 e. The van der Waals surface area contributed by atoms with Gasteiger partial charge in [-0.25, -0.2) is 0 Å². The van der Waals surface area contributed by atoms with Gasteiger partial charge in [-0.15, -0.1) is 0 Å². The number of carbonyl (C=O) groups is 1. The Bertz CT molecular complexity index is 539. The first kappa shape index (κ1) is 14.7. The molecular formula is C15H17ClN2O2. The van der Waals surface area contributed by atoms with Crippen LogP contribution in [0.3, 0.4) is 0 Å². The number of nitrogens with one attached hydrogen (secondary N) is 1. The molecule has 1 aliphatic rings. The maximum absolute atomic E-state index is 11.2. The van der Waals surface area contributed by atoms with Gasteiger partial charge in [-0.05, 0) is 37.0 Å². The Morgan fingerprint density at radius 1 is 1.45 bits per heavy atom. The molecule has 0 radical (unpaired) electrons. The first-order valence-electron chi connectivity index (χ1n) is 6.78. The van der Waals surface area contributed by atoms with Gasteiger partial charge in [-0.1, -0.05) is 24.4 Å². The summed E-state index contributed by atoms with van der Waals surface area (Å²) < 4.78 is 0. The SMILES string of the molecule is N#Cc1ccc(NCC2CCCCC2C(=O)O)cc1Cl. The Morgan fingerprint density at radius 2 is 2.20 bits per heavy atom. The number of aliphatic carboxylic acids is 1. The van der Waals surface area contributed by atoms with Crippen molar-refractivity contribution in [1.82, 2.24) is 0 Å². The van der Waals surface area contributed by atoms with Crippen molar-refractivity contribution in [3.8, 4) is 6.07 Å². The lowest BCUT2D eigenvalue weighted by molar-refractivity contribution is -0.144. The van der Waals surface area contributed by atoms with E-state index in [2.05, 4.69) is 5.32 Å².